The average Bonchev–Trinajstić information content (AvgIpc) is 3.79. The lowest BCUT2D eigenvalue weighted by Gasteiger charge is -2.28. The van der Waals surface area contributed by atoms with E-state index in [9.17, 15) is 4.79 Å². The molecule has 2 aliphatic carbocycles. The zero-order valence-corrected chi connectivity index (χ0v) is 36.8. The highest BCUT2D eigenvalue weighted by Gasteiger charge is 2.24. The van der Waals surface area contributed by atoms with Crippen molar-refractivity contribution in [1.82, 2.24) is 24.8 Å². The largest absolute Gasteiger partial charge is 0.481 e. The number of aliphatic carboxylic acids is 1. The number of anilines is 1. The summed E-state index contributed by atoms with van der Waals surface area (Å²) in [5, 5.41) is 26.8. The number of ketones is 1. The van der Waals surface area contributed by atoms with Gasteiger partial charge in [-0.2, -0.15) is 20.0 Å². The second-order valence-corrected chi connectivity index (χ2v) is 28.2. The standard InChI is InChI=1S/C25H44N4O2Si2.C10H13NO.C4H6N2.C2H4O2.CH4/c1-21-8-10-22(11-9-21)23-18-25(29-24(27-23)12-13-26-29)28(19-30-14-16-32(2,3)4)20-31-15-17-33(5,6)7;1-8-2-4-9(5-3-8)10(12)6-7-11;1-4-2-3-5-6-4;1-2(3)4;/h12-13,18,22H,1,8-11,14-17,19-20H2,2-7H3;9H,1-6H2;2-3H,1H3,(H,5,6);1H3,(H,3,4);1H4. The summed E-state index contributed by atoms with van der Waals surface area (Å²) in [6, 6.07) is 10.3. The average molecular weight is 810 g/mol. The van der Waals surface area contributed by atoms with Gasteiger partial charge in [0.1, 0.15) is 25.1 Å². The first-order valence-electron chi connectivity index (χ1n) is 19.5. The number of hydrogen-bond donors (Lipinski definition) is 2. The van der Waals surface area contributed by atoms with E-state index in [1.54, 1.807) is 6.20 Å². The van der Waals surface area contributed by atoms with Gasteiger partial charge in [0.15, 0.2) is 5.65 Å². The number of ether oxygens (including phenoxy) is 2. The number of nitriles is 1. The molecule has 0 aromatic carbocycles. The number of aryl methyl sites for hydroxylation is 1. The Morgan fingerprint density at radius 3 is 1.89 bits per heavy atom. The highest BCUT2D eigenvalue weighted by atomic mass is 28.3. The number of Topliss-reactive ketones (excluding diaryl/α,β-unsaturated/α-hetero) is 1. The SMILES string of the molecule is C.C=C1CCC(C(=O)CC#N)CC1.C=C1CCC(c2cc(N(COCC[Si](C)(C)C)COCC[Si](C)(C)C)n3nccc3n2)CC1.CC(=O)O.Cc1ccn[nH]1. The number of nitrogens with zero attached hydrogens (tertiary/aromatic N) is 6. The highest BCUT2D eigenvalue weighted by Crippen LogP contribution is 2.35. The molecule has 2 fully saturated rings. The van der Waals surface area contributed by atoms with E-state index in [0.717, 1.165) is 106 Å². The molecule has 3 heterocycles. The van der Waals surface area contributed by atoms with Crippen LogP contribution < -0.4 is 4.90 Å². The molecular formula is C42H71N7O5Si2. The third kappa shape index (κ3) is 20.9. The van der Waals surface area contributed by atoms with E-state index in [1.807, 2.05) is 35.8 Å². The number of carbonyl (C=O) groups is 2. The molecule has 0 saturated heterocycles. The van der Waals surface area contributed by atoms with Crippen molar-refractivity contribution in [2.24, 2.45) is 5.92 Å². The fourth-order valence-corrected chi connectivity index (χ4v) is 7.36. The molecule has 0 spiro atoms. The number of rotatable bonds is 14. The van der Waals surface area contributed by atoms with E-state index in [4.69, 9.17) is 29.6 Å². The van der Waals surface area contributed by atoms with Crippen molar-refractivity contribution in [1.29, 1.82) is 5.26 Å². The number of carbonyl (C=O) groups excluding carboxylic acids is 1. The van der Waals surface area contributed by atoms with E-state index in [0.29, 0.717) is 19.4 Å². The van der Waals surface area contributed by atoms with Gasteiger partial charge in [-0.1, -0.05) is 71.0 Å². The van der Waals surface area contributed by atoms with Crippen LogP contribution >= 0.6 is 0 Å². The molecule has 0 bridgehead atoms. The number of carboxylic acids is 1. The Kier molecular flexibility index (Phi) is 22.7. The van der Waals surface area contributed by atoms with Crippen LogP contribution in [-0.2, 0) is 19.1 Å². The zero-order valence-electron chi connectivity index (χ0n) is 34.8. The Hall–Kier alpha value is -3.91. The lowest BCUT2D eigenvalue weighted by atomic mass is 9.83. The summed E-state index contributed by atoms with van der Waals surface area (Å²) in [5.41, 5.74) is 5.76. The quantitative estimate of drug-likeness (QED) is 0.0695. The smallest absolute Gasteiger partial charge is 0.300 e. The second-order valence-electron chi connectivity index (χ2n) is 17.0. The normalized spacial score (nSPS) is 14.8. The lowest BCUT2D eigenvalue weighted by Crippen LogP contribution is -2.33. The van der Waals surface area contributed by atoms with Crippen molar-refractivity contribution in [2.75, 3.05) is 31.6 Å². The predicted octanol–water partition coefficient (Wildman–Crippen LogP) is 10.0. The van der Waals surface area contributed by atoms with Gasteiger partial charge < -0.3 is 19.5 Å². The van der Waals surface area contributed by atoms with E-state index < -0.39 is 22.1 Å². The fourth-order valence-electron chi connectivity index (χ4n) is 5.84. The predicted molar refractivity (Wildman–Crippen MR) is 233 cm³/mol. The van der Waals surface area contributed by atoms with Gasteiger partial charge in [-0.15, -0.1) is 0 Å². The zero-order chi connectivity index (χ0) is 41.0. The summed E-state index contributed by atoms with van der Waals surface area (Å²) in [7, 11) is -2.27. The first-order chi connectivity index (χ1) is 25.9. The summed E-state index contributed by atoms with van der Waals surface area (Å²) < 4.78 is 14.3. The number of fused-ring (bicyclic) bond motifs is 1. The van der Waals surface area contributed by atoms with Gasteiger partial charge in [-0.25, -0.2) is 4.98 Å². The van der Waals surface area contributed by atoms with Crippen LogP contribution in [0.3, 0.4) is 0 Å². The summed E-state index contributed by atoms with van der Waals surface area (Å²) in [6.07, 6.45) is 11.8. The van der Waals surface area contributed by atoms with Gasteiger partial charge in [-0.05, 0) is 76.4 Å². The van der Waals surface area contributed by atoms with E-state index in [1.165, 1.54) is 11.1 Å². The van der Waals surface area contributed by atoms with Crippen LogP contribution in [0.25, 0.3) is 5.65 Å². The number of hydrogen-bond acceptors (Lipinski definition) is 9. The Bertz CT molecular complexity index is 1630. The van der Waals surface area contributed by atoms with Crippen LogP contribution in [0.15, 0.2) is 54.9 Å². The minimum absolute atomic E-state index is 0. The molecule has 312 valence electrons. The Balaban J connectivity index is 0.000000552. The minimum Gasteiger partial charge on any atom is -0.481 e. The number of nitrogens with one attached hydrogen (secondary N) is 1. The summed E-state index contributed by atoms with van der Waals surface area (Å²) in [6.45, 7) is 28.0. The van der Waals surface area contributed by atoms with Crippen LogP contribution in [-0.4, -0.2) is 84.5 Å². The van der Waals surface area contributed by atoms with Crippen molar-refractivity contribution in [3.63, 3.8) is 0 Å². The molecule has 0 unspecified atom stereocenters. The Labute approximate surface area is 338 Å². The molecule has 5 rings (SSSR count). The van der Waals surface area contributed by atoms with Gasteiger partial charge in [0, 0.05) is 77.8 Å². The lowest BCUT2D eigenvalue weighted by molar-refractivity contribution is -0.134. The molecule has 2 saturated carbocycles. The first kappa shape index (κ1) is 50.1. The third-order valence-corrected chi connectivity index (χ3v) is 12.7. The maximum absolute atomic E-state index is 11.3. The van der Waals surface area contributed by atoms with Gasteiger partial charge in [-0.3, -0.25) is 14.7 Å². The molecule has 2 aliphatic rings. The van der Waals surface area contributed by atoms with E-state index >= 15 is 0 Å². The Morgan fingerprint density at radius 1 is 0.946 bits per heavy atom. The Morgan fingerprint density at radius 2 is 1.46 bits per heavy atom. The molecule has 12 nitrogen and oxygen atoms in total. The molecular weight excluding hydrogens is 739 g/mol. The van der Waals surface area contributed by atoms with Gasteiger partial charge >= 0.3 is 0 Å². The highest BCUT2D eigenvalue weighted by molar-refractivity contribution is 6.76. The monoisotopic (exact) mass is 810 g/mol. The summed E-state index contributed by atoms with van der Waals surface area (Å²) in [5.74, 6) is 0.891. The van der Waals surface area contributed by atoms with Crippen LogP contribution in [0.4, 0.5) is 5.82 Å². The van der Waals surface area contributed by atoms with E-state index in [-0.39, 0.29) is 25.5 Å². The number of allylic oxidation sites excluding steroid dienone is 2. The third-order valence-electron chi connectivity index (χ3n) is 9.32. The second kappa shape index (κ2) is 25.4. The van der Waals surface area contributed by atoms with Crippen LogP contribution in [0.1, 0.15) is 89.4 Å². The molecule has 3 aromatic rings. The molecule has 3 aromatic heterocycles. The minimum atomic E-state index is -1.14. The maximum Gasteiger partial charge on any atom is 0.300 e. The van der Waals surface area contributed by atoms with Crippen LogP contribution in [0.2, 0.25) is 51.4 Å². The molecule has 0 aliphatic heterocycles. The van der Waals surface area contributed by atoms with E-state index in [2.05, 4.69) is 78.7 Å². The number of aromatic amines is 1. The summed E-state index contributed by atoms with van der Waals surface area (Å²) >= 11 is 0. The van der Waals surface area contributed by atoms with Crippen molar-refractivity contribution < 1.29 is 24.2 Å². The van der Waals surface area contributed by atoms with Crippen molar-refractivity contribution in [2.45, 2.75) is 136 Å². The van der Waals surface area contributed by atoms with Crippen molar-refractivity contribution >= 4 is 39.4 Å². The first-order valence-corrected chi connectivity index (χ1v) is 26.9. The van der Waals surface area contributed by atoms with Gasteiger partial charge in [0.05, 0.1) is 18.7 Å². The number of aromatic nitrogens is 5. The molecule has 0 atom stereocenters. The molecule has 2 N–H and O–H groups in total. The van der Waals surface area contributed by atoms with Crippen LogP contribution in [0, 0.1) is 24.2 Å². The maximum atomic E-state index is 11.3. The number of H-pyrrole nitrogens is 1. The van der Waals surface area contributed by atoms with Crippen molar-refractivity contribution in [3.8, 4) is 6.07 Å². The van der Waals surface area contributed by atoms with Crippen molar-refractivity contribution in [3.05, 3.63) is 66.3 Å². The molecule has 56 heavy (non-hydrogen) atoms. The molecule has 14 heteroatoms. The van der Waals surface area contributed by atoms with Crippen LogP contribution in [0.5, 0.6) is 0 Å². The molecule has 0 radical (unpaired) electrons. The topological polar surface area (TPSA) is 159 Å². The summed E-state index contributed by atoms with van der Waals surface area (Å²) in [4.78, 5) is 27.4. The van der Waals surface area contributed by atoms with Gasteiger partial charge in [0.2, 0.25) is 0 Å². The number of carboxylic acid groups (broad SMARTS) is 1. The fraction of sp³-hybridized carbons (Fsp3) is 0.619. The molecule has 0 amide bonds. The van der Waals surface area contributed by atoms with Gasteiger partial charge in [0.25, 0.3) is 5.97 Å².